The first-order chi connectivity index (χ1) is 6.04. The summed E-state index contributed by atoms with van der Waals surface area (Å²) in [5.74, 6) is 0.262. The SMILES string of the molecule is [B][C@@H]1O[C@]2(CC)[C@H](C)C1N(C)S2=O. The van der Waals surface area contributed by atoms with Crippen molar-refractivity contribution < 1.29 is 8.95 Å². The molecule has 72 valence electrons. The quantitative estimate of drug-likeness (QED) is 0.566. The Morgan fingerprint density at radius 2 is 2.31 bits per heavy atom. The fourth-order valence-corrected chi connectivity index (χ4v) is 4.47. The third kappa shape index (κ3) is 0.955. The molecule has 0 saturated carbocycles. The molecule has 2 fully saturated rings. The van der Waals surface area contributed by atoms with Crippen LogP contribution >= 0.6 is 0 Å². The van der Waals surface area contributed by atoms with Crippen molar-refractivity contribution in [1.82, 2.24) is 4.31 Å². The van der Waals surface area contributed by atoms with Gasteiger partial charge in [0.1, 0.15) is 18.8 Å². The molecule has 2 saturated heterocycles. The van der Waals surface area contributed by atoms with Crippen LogP contribution in [0.4, 0.5) is 0 Å². The van der Waals surface area contributed by atoms with Crippen molar-refractivity contribution in [3.8, 4) is 0 Å². The van der Waals surface area contributed by atoms with Crippen molar-refractivity contribution in [3.63, 3.8) is 0 Å². The number of rotatable bonds is 1. The van der Waals surface area contributed by atoms with E-state index in [1.807, 2.05) is 18.3 Å². The van der Waals surface area contributed by atoms with E-state index in [0.717, 1.165) is 6.42 Å². The molecule has 3 nitrogen and oxygen atoms in total. The van der Waals surface area contributed by atoms with Crippen LogP contribution in [0, 0.1) is 5.92 Å². The Morgan fingerprint density at radius 1 is 1.69 bits per heavy atom. The zero-order valence-corrected chi connectivity index (χ0v) is 9.00. The summed E-state index contributed by atoms with van der Waals surface area (Å²) in [4.78, 5) is -0.515. The minimum atomic E-state index is -1.03. The summed E-state index contributed by atoms with van der Waals surface area (Å²) in [7, 11) is 6.65. The van der Waals surface area contributed by atoms with Gasteiger partial charge in [-0.05, 0) is 6.42 Å². The Labute approximate surface area is 82.8 Å². The zero-order valence-electron chi connectivity index (χ0n) is 8.19. The molecule has 2 radical (unpaired) electrons. The van der Waals surface area contributed by atoms with Crippen LogP contribution in [0.25, 0.3) is 0 Å². The third-order valence-corrected chi connectivity index (χ3v) is 5.46. The Kier molecular flexibility index (Phi) is 2.09. The van der Waals surface area contributed by atoms with Crippen LogP contribution in [-0.2, 0) is 15.7 Å². The van der Waals surface area contributed by atoms with Crippen LogP contribution in [0.1, 0.15) is 20.3 Å². The van der Waals surface area contributed by atoms with E-state index in [1.165, 1.54) is 0 Å². The van der Waals surface area contributed by atoms with Gasteiger partial charge >= 0.3 is 0 Å². The standard InChI is InChI=1S/C8H14BNO2S/c1-4-8-5(2)6(7(9)12-8)10(3)13(8)11/h5-7H,4H2,1-3H3/t5-,6?,7-,8+,13?/m1/s1. The predicted molar refractivity (Wildman–Crippen MR) is 52.5 cm³/mol. The average molecular weight is 199 g/mol. The van der Waals surface area contributed by atoms with Gasteiger partial charge in [-0.25, -0.2) is 8.51 Å². The number of likely N-dealkylation sites (N-methyl/N-ethyl adjacent to an activating group) is 1. The van der Waals surface area contributed by atoms with Gasteiger partial charge in [0.15, 0.2) is 4.93 Å². The molecule has 2 rings (SSSR count). The molecule has 0 aromatic carbocycles. The fourth-order valence-electron chi connectivity index (χ4n) is 2.56. The first-order valence-corrected chi connectivity index (χ1v) is 5.73. The monoisotopic (exact) mass is 199 g/mol. The number of nitrogens with zero attached hydrogens (tertiary/aromatic N) is 1. The molecule has 5 heteroatoms. The van der Waals surface area contributed by atoms with Gasteiger partial charge < -0.3 is 4.74 Å². The summed E-state index contributed by atoms with van der Waals surface area (Å²) < 4.78 is 19.4. The lowest BCUT2D eigenvalue weighted by Gasteiger charge is -2.32. The molecular weight excluding hydrogens is 185 g/mol. The second-order valence-corrected chi connectivity index (χ2v) is 5.59. The average Bonchev–Trinajstić information content (AvgIpc) is 2.44. The number of hydrogen-bond acceptors (Lipinski definition) is 2. The predicted octanol–water partition coefficient (Wildman–Crippen LogP) is 0.231. The van der Waals surface area contributed by atoms with Crippen molar-refractivity contribution in [3.05, 3.63) is 0 Å². The van der Waals surface area contributed by atoms with Gasteiger partial charge in [0.25, 0.3) is 0 Å². The third-order valence-electron chi connectivity index (χ3n) is 3.35. The van der Waals surface area contributed by atoms with Crippen LogP contribution in [-0.4, -0.2) is 40.4 Å². The van der Waals surface area contributed by atoms with E-state index < -0.39 is 15.9 Å². The summed E-state index contributed by atoms with van der Waals surface area (Å²) in [6.45, 7) is 4.07. The lowest BCUT2D eigenvalue weighted by atomic mass is 9.86. The highest BCUT2D eigenvalue weighted by atomic mass is 32.2. The second-order valence-electron chi connectivity index (χ2n) is 3.82. The zero-order chi connectivity index (χ0) is 9.80. The number of fused-ring (bicyclic) bond motifs is 2. The molecule has 0 amide bonds. The van der Waals surface area contributed by atoms with Gasteiger partial charge in [0, 0.05) is 25.0 Å². The highest BCUT2D eigenvalue weighted by Crippen LogP contribution is 2.49. The highest BCUT2D eigenvalue weighted by molar-refractivity contribution is 7.84. The molecule has 13 heavy (non-hydrogen) atoms. The largest absolute Gasteiger partial charge is 0.365 e. The lowest BCUT2D eigenvalue weighted by molar-refractivity contribution is 0.0257. The van der Waals surface area contributed by atoms with Gasteiger partial charge in [-0.3, -0.25) is 0 Å². The molecule has 0 aliphatic carbocycles. The summed E-state index contributed by atoms with van der Waals surface area (Å²) >= 11 is 0. The van der Waals surface area contributed by atoms with Crippen molar-refractivity contribution >= 4 is 18.8 Å². The van der Waals surface area contributed by atoms with Crippen molar-refractivity contribution in [2.45, 2.75) is 37.2 Å². The highest BCUT2D eigenvalue weighted by Gasteiger charge is 2.63. The van der Waals surface area contributed by atoms with Crippen molar-refractivity contribution in [2.75, 3.05) is 7.05 Å². The Balaban J connectivity index is 2.42. The van der Waals surface area contributed by atoms with Gasteiger partial charge in [0.2, 0.25) is 0 Å². The van der Waals surface area contributed by atoms with Crippen LogP contribution in [0.2, 0.25) is 0 Å². The second kappa shape index (κ2) is 2.81. The normalized spacial score (nSPS) is 55.9. The molecule has 2 aliphatic heterocycles. The van der Waals surface area contributed by atoms with E-state index in [-0.39, 0.29) is 18.0 Å². The van der Waals surface area contributed by atoms with Crippen LogP contribution < -0.4 is 0 Å². The van der Waals surface area contributed by atoms with E-state index in [4.69, 9.17) is 12.6 Å². The van der Waals surface area contributed by atoms with Crippen LogP contribution in [0.15, 0.2) is 0 Å². The smallest absolute Gasteiger partial charge is 0.160 e. The topological polar surface area (TPSA) is 29.5 Å². The maximum atomic E-state index is 11.9. The maximum Gasteiger partial charge on any atom is 0.160 e. The molecule has 5 atom stereocenters. The van der Waals surface area contributed by atoms with Crippen LogP contribution in [0.5, 0.6) is 0 Å². The first-order valence-electron chi connectivity index (χ1n) is 4.63. The first kappa shape index (κ1) is 9.68. The fraction of sp³-hybridized carbons (Fsp3) is 1.00. The minimum Gasteiger partial charge on any atom is -0.365 e. The number of ether oxygens (including phenoxy) is 1. The van der Waals surface area contributed by atoms with Crippen LogP contribution in [0.3, 0.4) is 0 Å². The molecule has 0 aromatic rings. The minimum absolute atomic E-state index is 0.112. The van der Waals surface area contributed by atoms with E-state index in [1.54, 1.807) is 0 Å². The molecule has 2 aliphatic rings. The van der Waals surface area contributed by atoms with E-state index in [9.17, 15) is 4.21 Å². The summed E-state index contributed by atoms with van der Waals surface area (Å²) in [6, 6.07) is -0.168. The Hall–Kier alpha value is 0.135. The summed E-state index contributed by atoms with van der Waals surface area (Å²) in [5, 5.41) is 0. The molecule has 0 spiro atoms. The van der Waals surface area contributed by atoms with Gasteiger partial charge in [-0.1, -0.05) is 13.8 Å². The molecule has 2 heterocycles. The van der Waals surface area contributed by atoms with Gasteiger partial charge in [-0.15, -0.1) is 0 Å². The van der Waals surface area contributed by atoms with Crippen molar-refractivity contribution in [1.29, 1.82) is 0 Å². The summed E-state index contributed by atoms with van der Waals surface area (Å²) in [5.41, 5.74) is 0. The van der Waals surface area contributed by atoms with Gasteiger partial charge in [-0.2, -0.15) is 0 Å². The molecule has 0 aromatic heterocycles. The Bertz CT molecular complexity index is 263. The van der Waals surface area contributed by atoms with E-state index in [2.05, 4.69) is 6.92 Å². The van der Waals surface area contributed by atoms with E-state index in [0.29, 0.717) is 0 Å². The van der Waals surface area contributed by atoms with E-state index >= 15 is 0 Å². The molecule has 2 bridgehead atoms. The summed E-state index contributed by atoms with van der Waals surface area (Å²) in [6.07, 6.45) is 0.759. The molecule has 0 N–H and O–H groups in total. The van der Waals surface area contributed by atoms with Crippen molar-refractivity contribution in [2.24, 2.45) is 5.92 Å². The Morgan fingerprint density at radius 3 is 2.69 bits per heavy atom. The molecule has 2 unspecified atom stereocenters. The lowest BCUT2D eigenvalue weighted by Crippen LogP contribution is -2.46. The number of hydrogen-bond donors (Lipinski definition) is 0. The molecular formula is C8H14BNO2S. The van der Waals surface area contributed by atoms with Gasteiger partial charge in [0.05, 0.1) is 0 Å². The maximum absolute atomic E-state index is 11.9.